The van der Waals surface area contributed by atoms with E-state index in [0.29, 0.717) is 29.7 Å². The number of aliphatic carboxylic acids is 1. The monoisotopic (exact) mass is 278 g/mol. The Balaban J connectivity index is 1.86. The van der Waals surface area contributed by atoms with E-state index in [0.717, 1.165) is 25.2 Å². The van der Waals surface area contributed by atoms with Crippen molar-refractivity contribution in [2.75, 3.05) is 0 Å². The Hall–Kier alpha value is -1.32. The van der Waals surface area contributed by atoms with Crippen molar-refractivity contribution in [2.24, 2.45) is 23.7 Å². The summed E-state index contributed by atoms with van der Waals surface area (Å²) in [6.45, 7) is 5.31. The first-order chi connectivity index (χ1) is 9.42. The summed E-state index contributed by atoms with van der Waals surface area (Å²) in [5.41, 5.74) is -0.136. The highest BCUT2D eigenvalue weighted by Crippen LogP contribution is 2.65. The van der Waals surface area contributed by atoms with Gasteiger partial charge in [-0.15, -0.1) is 0 Å². The predicted octanol–water partition coefficient (Wildman–Crippen LogP) is 2.78. The van der Waals surface area contributed by atoms with Crippen molar-refractivity contribution in [3.63, 3.8) is 0 Å². The largest absolute Gasteiger partial charge is 0.481 e. The minimum absolute atomic E-state index is 0.0772. The molecule has 0 radical (unpaired) electrons. The first-order valence-electron chi connectivity index (χ1n) is 7.53. The lowest BCUT2D eigenvalue weighted by atomic mass is 9.70. The van der Waals surface area contributed by atoms with Gasteiger partial charge in [-0.05, 0) is 56.8 Å². The molecule has 110 valence electrons. The Kier molecular flexibility index (Phi) is 3.14. The Labute approximate surface area is 119 Å². The van der Waals surface area contributed by atoms with Gasteiger partial charge in [-0.25, -0.2) is 4.79 Å². The first kappa shape index (κ1) is 13.7. The number of ether oxygens (including phenoxy) is 1. The fraction of sp³-hybridized carbons (Fsp3) is 0.750. The van der Waals surface area contributed by atoms with Gasteiger partial charge in [0.25, 0.3) is 0 Å². The second-order valence-corrected chi connectivity index (χ2v) is 6.89. The summed E-state index contributed by atoms with van der Waals surface area (Å²) in [4.78, 5) is 23.0. The van der Waals surface area contributed by atoms with Crippen LogP contribution >= 0.6 is 0 Å². The highest BCUT2D eigenvalue weighted by molar-refractivity contribution is 5.87. The maximum atomic E-state index is 12.0. The Bertz CT molecular complexity index is 465. The third kappa shape index (κ3) is 1.97. The van der Waals surface area contributed by atoms with Crippen LogP contribution in [0, 0.1) is 23.7 Å². The normalized spacial score (nSPS) is 40.9. The number of carbonyl (C=O) groups is 2. The molecule has 4 aliphatic carbocycles. The lowest BCUT2D eigenvalue weighted by Crippen LogP contribution is -2.47. The van der Waals surface area contributed by atoms with Crippen molar-refractivity contribution in [2.45, 2.75) is 51.0 Å². The number of hydrogen-bond donors (Lipinski definition) is 1. The van der Waals surface area contributed by atoms with Crippen molar-refractivity contribution < 1.29 is 19.4 Å². The number of rotatable bonds is 5. The zero-order valence-corrected chi connectivity index (χ0v) is 11.9. The predicted molar refractivity (Wildman–Crippen MR) is 72.9 cm³/mol. The van der Waals surface area contributed by atoms with Crippen LogP contribution in [-0.2, 0) is 14.3 Å². The van der Waals surface area contributed by atoms with Crippen LogP contribution < -0.4 is 0 Å². The molecule has 0 saturated heterocycles. The lowest BCUT2D eigenvalue weighted by molar-refractivity contribution is -0.173. The van der Waals surface area contributed by atoms with E-state index in [1.54, 1.807) is 6.92 Å². The molecule has 4 rings (SSSR count). The van der Waals surface area contributed by atoms with Gasteiger partial charge in [0.05, 0.1) is 0 Å². The first-order valence-corrected chi connectivity index (χ1v) is 7.53. The van der Waals surface area contributed by atoms with E-state index in [9.17, 15) is 9.59 Å². The molecule has 4 heteroatoms. The average molecular weight is 278 g/mol. The van der Waals surface area contributed by atoms with E-state index in [2.05, 4.69) is 6.58 Å². The Morgan fingerprint density at radius 1 is 1.30 bits per heavy atom. The number of hydrogen-bond acceptors (Lipinski definition) is 3. The van der Waals surface area contributed by atoms with Crippen molar-refractivity contribution in [3.8, 4) is 0 Å². The fourth-order valence-corrected chi connectivity index (χ4v) is 5.02. The molecule has 4 nitrogen and oxygen atoms in total. The van der Waals surface area contributed by atoms with Gasteiger partial charge in [0, 0.05) is 17.9 Å². The zero-order valence-electron chi connectivity index (χ0n) is 11.9. The van der Waals surface area contributed by atoms with Gasteiger partial charge in [-0.1, -0.05) is 6.58 Å². The molecule has 0 amide bonds. The Morgan fingerprint density at radius 2 is 2.05 bits per heavy atom. The molecule has 0 spiro atoms. The zero-order chi connectivity index (χ0) is 14.5. The van der Waals surface area contributed by atoms with Crippen LogP contribution in [0.15, 0.2) is 12.2 Å². The summed E-state index contributed by atoms with van der Waals surface area (Å²) < 4.78 is 5.87. The van der Waals surface area contributed by atoms with Gasteiger partial charge in [0.2, 0.25) is 0 Å². The van der Waals surface area contributed by atoms with Gasteiger partial charge >= 0.3 is 11.9 Å². The number of carbonyl (C=O) groups excluding carboxylic acids is 1. The van der Waals surface area contributed by atoms with E-state index < -0.39 is 11.6 Å². The molecule has 20 heavy (non-hydrogen) atoms. The minimum Gasteiger partial charge on any atom is -0.481 e. The number of carboxylic acids is 1. The van der Waals surface area contributed by atoms with Crippen LogP contribution in [-0.4, -0.2) is 22.6 Å². The molecule has 4 aliphatic rings. The second kappa shape index (κ2) is 4.61. The third-order valence-corrected chi connectivity index (χ3v) is 5.68. The average Bonchev–Trinajstić information content (AvgIpc) is 2.77. The van der Waals surface area contributed by atoms with Gasteiger partial charge in [0.15, 0.2) is 0 Å². The molecule has 4 saturated carbocycles. The molecule has 0 aromatic heterocycles. The van der Waals surface area contributed by atoms with Gasteiger partial charge in [-0.2, -0.15) is 0 Å². The summed E-state index contributed by atoms with van der Waals surface area (Å²) >= 11 is 0. The summed E-state index contributed by atoms with van der Waals surface area (Å²) in [5, 5.41) is 9.01. The summed E-state index contributed by atoms with van der Waals surface area (Å²) in [6, 6.07) is 0. The molecule has 0 aromatic carbocycles. The number of esters is 1. The van der Waals surface area contributed by atoms with Gasteiger partial charge in [-0.3, -0.25) is 4.79 Å². The van der Waals surface area contributed by atoms with E-state index in [4.69, 9.17) is 9.84 Å². The van der Waals surface area contributed by atoms with Crippen molar-refractivity contribution in [1.82, 2.24) is 0 Å². The fourth-order valence-electron chi connectivity index (χ4n) is 5.02. The molecule has 5 unspecified atom stereocenters. The summed E-state index contributed by atoms with van der Waals surface area (Å²) in [6.07, 6.45) is 5.07. The maximum Gasteiger partial charge on any atom is 0.333 e. The minimum atomic E-state index is -0.812. The van der Waals surface area contributed by atoms with E-state index in [-0.39, 0.29) is 12.4 Å². The molecule has 1 N–H and O–H groups in total. The SMILES string of the molecule is C=C(C)C(=O)OC1(CCC(=O)O)C2CC3CC(C2)C1C3. The second-order valence-electron chi connectivity index (χ2n) is 6.89. The van der Waals surface area contributed by atoms with Crippen LogP contribution in [0.5, 0.6) is 0 Å². The highest BCUT2D eigenvalue weighted by Gasteiger charge is 2.64. The Morgan fingerprint density at radius 3 is 2.65 bits per heavy atom. The molecule has 4 fully saturated rings. The van der Waals surface area contributed by atoms with Crippen LogP contribution in [0.2, 0.25) is 0 Å². The van der Waals surface area contributed by atoms with Crippen LogP contribution in [0.3, 0.4) is 0 Å². The highest BCUT2D eigenvalue weighted by atomic mass is 16.6. The molecule has 5 atom stereocenters. The third-order valence-electron chi connectivity index (χ3n) is 5.68. The van der Waals surface area contributed by atoms with E-state index in [1.165, 1.54) is 6.42 Å². The molecule has 0 aromatic rings. The summed E-state index contributed by atoms with van der Waals surface area (Å²) in [5.74, 6) is 0.955. The maximum absolute atomic E-state index is 12.0. The van der Waals surface area contributed by atoms with Crippen molar-refractivity contribution in [1.29, 1.82) is 0 Å². The van der Waals surface area contributed by atoms with Crippen molar-refractivity contribution in [3.05, 3.63) is 12.2 Å². The number of carboxylic acid groups (broad SMARTS) is 1. The topological polar surface area (TPSA) is 63.6 Å². The molecule has 0 heterocycles. The quantitative estimate of drug-likeness (QED) is 0.620. The van der Waals surface area contributed by atoms with E-state index >= 15 is 0 Å². The lowest BCUT2D eigenvalue weighted by Gasteiger charge is -2.43. The van der Waals surface area contributed by atoms with Crippen molar-refractivity contribution >= 4 is 11.9 Å². The van der Waals surface area contributed by atoms with E-state index in [1.807, 2.05) is 0 Å². The smallest absolute Gasteiger partial charge is 0.333 e. The van der Waals surface area contributed by atoms with Crippen LogP contribution in [0.25, 0.3) is 0 Å². The molecular formula is C16H22O4. The van der Waals surface area contributed by atoms with Gasteiger partial charge < -0.3 is 9.84 Å². The summed E-state index contributed by atoms with van der Waals surface area (Å²) in [7, 11) is 0. The molecule has 0 aliphatic heterocycles. The molecule has 4 bridgehead atoms. The van der Waals surface area contributed by atoms with Crippen LogP contribution in [0.1, 0.15) is 45.4 Å². The molecular weight excluding hydrogens is 256 g/mol. The van der Waals surface area contributed by atoms with Crippen LogP contribution in [0.4, 0.5) is 0 Å². The standard InChI is InChI=1S/C16H22O4/c1-9(2)15(19)20-16(4-3-14(17)18)12-6-10-5-11(8-12)13(16)7-10/h10-13H,1,3-8H2,2H3,(H,17,18). The van der Waals surface area contributed by atoms with Gasteiger partial charge in [0.1, 0.15) is 5.60 Å².